The summed E-state index contributed by atoms with van der Waals surface area (Å²) in [6.45, 7) is 15.8. The van der Waals surface area contributed by atoms with Gasteiger partial charge in [-0.15, -0.1) is 0 Å². The maximum atomic E-state index is 3.96. The lowest BCUT2D eigenvalue weighted by molar-refractivity contribution is 0.202. The topological polar surface area (TPSA) is 15.3 Å². The number of hydrogen-bond donors (Lipinski definition) is 1. The van der Waals surface area contributed by atoms with Crippen LogP contribution in [0.15, 0.2) is 12.2 Å². The zero-order valence-electron chi connectivity index (χ0n) is 10.4. The molecule has 2 nitrogen and oxygen atoms in total. The molecule has 1 atom stereocenters. The summed E-state index contributed by atoms with van der Waals surface area (Å²) < 4.78 is 0. The molecular formula is C12H26N2. The molecule has 14 heavy (non-hydrogen) atoms. The molecule has 1 N–H and O–H groups in total. The van der Waals surface area contributed by atoms with Gasteiger partial charge >= 0.3 is 0 Å². The van der Waals surface area contributed by atoms with Crippen molar-refractivity contribution in [2.45, 2.75) is 33.7 Å². The zero-order valence-corrected chi connectivity index (χ0v) is 10.4. The number of hydrogen-bond acceptors (Lipinski definition) is 2. The van der Waals surface area contributed by atoms with Crippen LogP contribution < -0.4 is 5.32 Å². The molecule has 0 aliphatic heterocycles. The van der Waals surface area contributed by atoms with E-state index in [1.807, 2.05) is 0 Å². The highest BCUT2D eigenvalue weighted by atomic mass is 15.1. The molecule has 0 rings (SSSR count). The van der Waals surface area contributed by atoms with Crippen molar-refractivity contribution in [1.29, 1.82) is 0 Å². The fourth-order valence-electron chi connectivity index (χ4n) is 1.74. The smallest absolute Gasteiger partial charge is 0.0243 e. The molecule has 0 saturated carbocycles. The minimum absolute atomic E-state index is 0.603. The lowest BCUT2D eigenvalue weighted by atomic mass is 10.0. The second-order valence-corrected chi connectivity index (χ2v) is 4.49. The highest BCUT2D eigenvalue weighted by Crippen LogP contribution is 2.09. The van der Waals surface area contributed by atoms with Crippen molar-refractivity contribution in [1.82, 2.24) is 10.2 Å². The minimum atomic E-state index is 0.603. The van der Waals surface area contributed by atoms with Gasteiger partial charge in [0.05, 0.1) is 0 Å². The third kappa shape index (κ3) is 5.40. The van der Waals surface area contributed by atoms with Gasteiger partial charge in [0, 0.05) is 19.1 Å². The Morgan fingerprint density at radius 2 is 2.00 bits per heavy atom. The van der Waals surface area contributed by atoms with E-state index in [0.29, 0.717) is 12.0 Å². The molecule has 0 aliphatic carbocycles. The Balaban J connectivity index is 4.10. The van der Waals surface area contributed by atoms with E-state index in [1.165, 1.54) is 5.57 Å². The minimum Gasteiger partial charge on any atom is -0.315 e. The van der Waals surface area contributed by atoms with E-state index >= 15 is 0 Å². The molecule has 0 heterocycles. The van der Waals surface area contributed by atoms with Gasteiger partial charge in [0.25, 0.3) is 0 Å². The third-order valence-electron chi connectivity index (χ3n) is 2.46. The van der Waals surface area contributed by atoms with E-state index in [1.54, 1.807) is 0 Å². The lowest BCUT2D eigenvalue weighted by Gasteiger charge is -2.31. The van der Waals surface area contributed by atoms with Crippen LogP contribution >= 0.6 is 0 Å². The van der Waals surface area contributed by atoms with Crippen molar-refractivity contribution < 1.29 is 0 Å². The highest BCUT2D eigenvalue weighted by molar-refractivity contribution is 4.93. The average molecular weight is 198 g/mol. The first-order chi connectivity index (χ1) is 6.49. The summed E-state index contributed by atoms with van der Waals surface area (Å²) in [6, 6.07) is 0.603. The summed E-state index contributed by atoms with van der Waals surface area (Å²) in [5.41, 5.74) is 1.23. The van der Waals surface area contributed by atoms with Crippen molar-refractivity contribution in [3.8, 4) is 0 Å². The molecule has 0 aromatic rings. The third-order valence-corrected chi connectivity index (χ3v) is 2.46. The van der Waals surface area contributed by atoms with Crippen molar-refractivity contribution in [2.75, 3.05) is 26.7 Å². The van der Waals surface area contributed by atoms with E-state index in [0.717, 1.165) is 19.6 Å². The first-order valence-corrected chi connectivity index (χ1v) is 5.54. The van der Waals surface area contributed by atoms with Gasteiger partial charge in [0.2, 0.25) is 0 Å². The van der Waals surface area contributed by atoms with Gasteiger partial charge in [-0.25, -0.2) is 0 Å². The maximum absolute atomic E-state index is 3.96. The standard InChI is InChI=1S/C12H26N2/c1-7-13-8-12(11(4)5)14(6)9-10(2)3/h11-13H,2,7-9H2,1,3-6H3. The summed E-state index contributed by atoms with van der Waals surface area (Å²) in [6.07, 6.45) is 0. The van der Waals surface area contributed by atoms with E-state index in [-0.39, 0.29) is 0 Å². The summed E-state index contributed by atoms with van der Waals surface area (Å²) in [4.78, 5) is 2.38. The van der Waals surface area contributed by atoms with Crippen LogP contribution in [0.5, 0.6) is 0 Å². The summed E-state index contributed by atoms with van der Waals surface area (Å²) in [5, 5.41) is 3.41. The highest BCUT2D eigenvalue weighted by Gasteiger charge is 2.17. The van der Waals surface area contributed by atoms with Crippen molar-refractivity contribution in [2.24, 2.45) is 5.92 Å². The van der Waals surface area contributed by atoms with E-state index in [9.17, 15) is 0 Å². The fourth-order valence-corrected chi connectivity index (χ4v) is 1.74. The maximum Gasteiger partial charge on any atom is 0.0243 e. The van der Waals surface area contributed by atoms with Crippen LogP contribution in [-0.4, -0.2) is 37.6 Å². The molecular weight excluding hydrogens is 172 g/mol. The molecule has 0 fully saturated rings. The Bertz CT molecular complexity index is 164. The number of rotatable bonds is 7. The van der Waals surface area contributed by atoms with Crippen LogP contribution in [0.1, 0.15) is 27.7 Å². The van der Waals surface area contributed by atoms with Crippen LogP contribution in [-0.2, 0) is 0 Å². The van der Waals surface area contributed by atoms with Gasteiger partial charge < -0.3 is 5.32 Å². The first kappa shape index (κ1) is 13.7. The Kier molecular flexibility index (Phi) is 6.85. The number of nitrogens with zero attached hydrogens (tertiary/aromatic N) is 1. The quantitative estimate of drug-likeness (QED) is 0.630. The molecule has 0 bridgehead atoms. The van der Waals surface area contributed by atoms with Crippen molar-refractivity contribution in [3.63, 3.8) is 0 Å². The Morgan fingerprint density at radius 1 is 1.43 bits per heavy atom. The molecule has 0 aromatic heterocycles. The summed E-state index contributed by atoms with van der Waals surface area (Å²) in [5.74, 6) is 0.679. The molecule has 1 unspecified atom stereocenters. The predicted molar refractivity (Wildman–Crippen MR) is 64.6 cm³/mol. The lowest BCUT2D eigenvalue weighted by Crippen LogP contribution is -2.44. The fraction of sp³-hybridized carbons (Fsp3) is 0.833. The normalized spacial score (nSPS) is 13.6. The van der Waals surface area contributed by atoms with Crippen LogP contribution in [0.3, 0.4) is 0 Å². The molecule has 0 radical (unpaired) electrons. The van der Waals surface area contributed by atoms with Crippen LogP contribution in [0.2, 0.25) is 0 Å². The summed E-state index contributed by atoms with van der Waals surface area (Å²) in [7, 11) is 2.18. The van der Waals surface area contributed by atoms with Gasteiger partial charge in [-0.3, -0.25) is 4.90 Å². The largest absolute Gasteiger partial charge is 0.315 e. The molecule has 0 spiro atoms. The van der Waals surface area contributed by atoms with Gasteiger partial charge in [0.15, 0.2) is 0 Å². The van der Waals surface area contributed by atoms with Crippen molar-refractivity contribution in [3.05, 3.63) is 12.2 Å². The van der Waals surface area contributed by atoms with Gasteiger partial charge in [-0.1, -0.05) is 32.9 Å². The Hall–Kier alpha value is -0.340. The Morgan fingerprint density at radius 3 is 2.36 bits per heavy atom. The predicted octanol–water partition coefficient (Wildman–Crippen LogP) is 2.13. The Labute approximate surface area is 89.4 Å². The molecule has 84 valence electrons. The monoisotopic (exact) mass is 198 g/mol. The van der Waals surface area contributed by atoms with E-state index in [2.05, 4.69) is 51.5 Å². The molecule has 0 saturated heterocycles. The van der Waals surface area contributed by atoms with Crippen LogP contribution in [0.4, 0.5) is 0 Å². The van der Waals surface area contributed by atoms with Crippen LogP contribution in [0, 0.1) is 5.92 Å². The molecule has 0 aromatic carbocycles. The number of likely N-dealkylation sites (N-methyl/N-ethyl adjacent to an activating group) is 2. The van der Waals surface area contributed by atoms with Crippen molar-refractivity contribution >= 4 is 0 Å². The van der Waals surface area contributed by atoms with E-state index < -0.39 is 0 Å². The van der Waals surface area contributed by atoms with Gasteiger partial charge in [0.1, 0.15) is 0 Å². The SMILES string of the molecule is C=C(C)CN(C)C(CNCC)C(C)C. The molecule has 0 aliphatic rings. The number of nitrogens with one attached hydrogen (secondary N) is 1. The zero-order chi connectivity index (χ0) is 11.1. The molecule has 0 amide bonds. The second-order valence-electron chi connectivity index (χ2n) is 4.49. The van der Waals surface area contributed by atoms with E-state index in [4.69, 9.17) is 0 Å². The van der Waals surface area contributed by atoms with Gasteiger partial charge in [-0.2, -0.15) is 0 Å². The average Bonchev–Trinajstić information content (AvgIpc) is 2.02. The first-order valence-electron chi connectivity index (χ1n) is 5.54. The van der Waals surface area contributed by atoms with Crippen LogP contribution in [0.25, 0.3) is 0 Å². The van der Waals surface area contributed by atoms with Gasteiger partial charge in [-0.05, 0) is 26.4 Å². The molecule has 2 heteroatoms. The second kappa shape index (κ2) is 7.02. The summed E-state index contributed by atoms with van der Waals surface area (Å²) >= 11 is 0.